The Bertz CT molecular complexity index is 1100. The Balaban J connectivity index is 1.58. The molecule has 4 rings (SSSR count). The first-order valence-corrected chi connectivity index (χ1v) is 12.6. The molecule has 0 saturated carbocycles. The van der Waals surface area contributed by atoms with Gasteiger partial charge in [-0.25, -0.2) is 8.78 Å². The van der Waals surface area contributed by atoms with Gasteiger partial charge in [-0.05, 0) is 88.3 Å². The van der Waals surface area contributed by atoms with Crippen molar-refractivity contribution in [2.24, 2.45) is 0 Å². The zero-order valence-corrected chi connectivity index (χ0v) is 20.3. The zero-order valence-electron chi connectivity index (χ0n) is 19.5. The Morgan fingerprint density at radius 3 is 2.24 bits per heavy atom. The molecule has 1 saturated heterocycles. The molecule has 9 heteroatoms. The van der Waals surface area contributed by atoms with Crippen LogP contribution in [0.5, 0.6) is 0 Å². The maximum atomic E-state index is 13.6. The Labute approximate surface area is 203 Å². The highest BCUT2D eigenvalue weighted by atomic mass is 32.2. The smallest absolute Gasteiger partial charge is 0.237 e. The molecule has 34 heavy (non-hydrogen) atoms. The highest BCUT2D eigenvalue weighted by Gasteiger charge is 2.26. The number of likely N-dealkylation sites (tertiary alicyclic amines) is 1. The maximum absolute atomic E-state index is 13.6. The zero-order chi connectivity index (χ0) is 24.1. The first-order valence-electron chi connectivity index (χ1n) is 11.6. The SMILES string of the molecule is CCN(C(=O)CSc1nnc(C(C)N2CCCCC2)n1-c1ccc(F)cc1)c1ccc(F)cc1. The van der Waals surface area contributed by atoms with Crippen molar-refractivity contribution in [3.05, 3.63) is 66.0 Å². The standard InChI is InChI=1S/C25H29F2N5OS/c1-3-31(21-11-7-19(26)8-12-21)23(33)17-34-25-29-28-24(18(2)30-15-5-4-6-16-30)32(25)22-13-9-20(27)10-14-22/h7-14,18H,3-6,15-17H2,1-2H3. The van der Waals surface area contributed by atoms with E-state index < -0.39 is 0 Å². The van der Waals surface area contributed by atoms with E-state index in [1.165, 1.54) is 42.4 Å². The van der Waals surface area contributed by atoms with Gasteiger partial charge in [0.05, 0.1) is 11.8 Å². The van der Waals surface area contributed by atoms with E-state index in [0.717, 1.165) is 37.4 Å². The molecule has 0 aliphatic carbocycles. The van der Waals surface area contributed by atoms with E-state index in [2.05, 4.69) is 22.0 Å². The van der Waals surface area contributed by atoms with Crippen LogP contribution in [0, 0.1) is 11.6 Å². The van der Waals surface area contributed by atoms with Crippen LogP contribution in [-0.2, 0) is 4.79 Å². The average molecular weight is 486 g/mol. The Hall–Kier alpha value is -2.78. The number of rotatable bonds is 8. The summed E-state index contributed by atoms with van der Waals surface area (Å²) in [4.78, 5) is 17.0. The lowest BCUT2D eigenvalue weighted by Crippen LogP contribution is -2.33. The van der Waals surface area contributed by atoms with Gasteiger partial charge in [0.15, 0.2) is 11.0 Å². The molecular weight excluding hydrogens is 456 g/mol. The number of halogens is 2. The van der Waals surface area contributed by atoms with Gasteiger partial charge < -0.3 is 4.90 Å². The van der Waals surface area contributed by atoms with E-state index in [-0.39, 0.29) is 29.3 Å². The summed E-state index contributed by atoms with van der Waals surface area (Å²) in [7, 11) is 0. The lowest BCUT2D eigenvalue weighted by molar-refractivity contribution is -0.116. The molecule has 180 valence electrons. The molecule has 1 unspecified atom stereocenters. The van der Waals surface area contributed by atoms with Gasteiger partial charge in [0.25, 0.3) is 0 Å². The van der Waals surface area contributed by atoms with Crippen molar-refractivity contribution in [3.8, 4) is 5.69 Å². The van der Waals surface area contributed by atoms with Crippen LogP contribution in [-0.4, -0.2) is 51.0 Å². The summed E-state index contributed by atoms with van der Waals surface area (Å²) in [5.41, 5.74) is 1.40. The Morgan fingerprint density at radius 1 is 1.00 bits per heavy atom. The lowest BCUT2D eigenvalue weighted by Gasteiger charge is -2.31. The van der Waals surface area contributed by atoms with Gasteiger partial charge in [0, 0.05) is 17.9 Å². The summed E-state index contributed by atoms with van der Waals surface area (Å²) >= 11 is 1.29. The van der Waals surface area contributed by atoms with Crippen molar-refractivity contribution in [1.29, 1.82) is 0 Å². The van der Waals surface area contributed by atoms with Crippen LogP contribution in [0.15, 0.2) is 53.7 Å². The summed E-state index contributed by atoms with van der Waals surface area (Å²) < 4.78 is 28.8. The van der Waals surface area contributed by atoms with Gasteiger partial charge in [-0.2, -0.15) is 0 Å². The first kappa shape index (κ1) is 24.3. The van der Waals surface area contributed by atoms with Gasteiger partial charge in [0.1, 0.15) is 11.6 Å². The monoisotopic (exact) mass is 485 g/mol. The predicted octanol–water partition coefficient (Wildman–Crippen LogP) is 5.24. The molecular formula is C25H29F2N5OS. The number of anilines is 1. The van der Waals surface area contributed by atoms with Crippen LogP contribution in [0.3, 0.4) is 0 Å². The number of hydrogen-bond acceptors (Lipinski definition) is 5. The van der Waals surface area contributed by atoms with Crippen molar-refractivity contribution in [2.75, 3.05) is 30.3 Å². The summed E-state index contributed by atoms with van der Waals surface area (Å²) in [6.07, 6.45) is 3.54. The van der Waals surface area contributed by atoms with Gasteiger partial charge in [-0.3, -0.25) is 14.3 Å². The van der Waals surface area contributed by atoms with Crippen molar-refractivity contribution < 1.29 is 13.6 Å². The molecule has 1 aromatic heterocycles. The van der Waals surface area contributed by atoms with Crippen molar-refractivity contribution in [1.82, 2.24) is 19.7 Å². The molecule has 6 nitrogen and oxygen atoms in total. The molecule has 0 radical (unpaired) electrons. The van der Waals surface area contributed by atoms with Crippen LogP contribution in [0.1, 0.15) is 45.0 Å². The van der Waals surface area contributed by atoms with E-state index in [1.54, 1.807) is 29.2 Å². The fourth-order valence-electron chi connectivity index (χ4n) is 4.28. The predicted molar refractivity (Wildman–Crippen MR) is 130 cm³/mol. The minimum Gasteiger partial charge on any atom is -0.312 e. The summed E-state index contributed by atoms with van der Waals surface area (Å²) in [5, 5.41) is 9.48. The highest BCUT2D eigenvalue weighted by molar-refractivity contribution is 7.99. The quantitative estimate of drug-likeness (QED) is 0.409. The van der Waals surface area contributed by atoms with E-state index >= 15 is 0 Å². The second kappa shape index (κ2) is 11.1. The lowest BCUT2D eigenvalue weighted by atomic mass is 10.1. The van der Waals surface area contributed by atoms with Crippen LogP contribution in [0.4, 0.5) is 14.5 Å². The number of piperidine rings is 1. The number of amides is 1. The summed E-state index contributed by atoms with van der Waals surface area (Å²) in [6, 6.07) is 12.2. The molecule has 1 atom stereocenters. The summed E-state index contributed by atoms with van der Waals surface area (Å²) in [6.45, 7) is 6.46. The second-order valence-corrected chi connectivity index (χ2v) is 9.27. The maximum Gasteiger partial charge on any atom is 0.237 e. The molecule has 0 bridgehead atoms. The second-order valence-electron chi connectivity index (χ2n) is 8.33. The molecule has 2 heterocycles. The fourth-order valence-corrected chi connectivity index (χ4v) is 5.11. The Kier molecular flexibility index (Phi) is 7.95. The van der Waals surface area contributed by atoms with Gasteiger partial charge in [0.2, 0.25) is 5.91 Å². The molecule has 1 amide bonds. The number of thioether (sulfide) groups is 1. The molecule has 0 spiro atoms. The van der Waals surface area contributed by atoms with E-state index in [4.69, 9.17) is 0 Å². The van der Waals surface area contributed by atoms with Crippen LogP contribution >= 0.6 is 11.8 Å². The van der Waals surface area contributed by atoms with Crippen LogP contribution in [0.25, 0.3) is 5.69 Å². The third-order valence-corrected chi connectivity index (χ3v) is 7.05. The first-order chi connectivity index (χ1) is 16.5. The molecule has 0 N–H and O–H groups in total. The number of hydrogen-bond donors (Lipinski definition) is 0. The molecule has 3 aromatic rings. The Morgan fingerprint density at radius 2 is 1.62 bits per heavy atom. The van der Waals surface area contributed by atoms with Crippen molar-refractivity contribution in [3.63, 3.8) is 0 Å². The average Bonchev–Trinajstić information content (AvgIpc) is 3.29. The van der Waals surface area contributed by atoms with Gasteiger partial charge in [-0.15, -0.1) is 10.2 Å². The number of nitrogens with zero attached hydrogens (tertiary/aromatic N) is 5. The number of carbonyl (C=O) groups is 1. The normalized spacial score (nSPS) is 15.3. The number of benzene rings is 2. The minimum absolute atomic E-state index is 0.0364. The molecule has 1 fully saturated rings. The minimum atomic E-state index is -0.343. The largest absolute Gasteiger partial charge is 0.312 e. The molecule has 1 aliphatic heterocycles. The molecule has 2 aromatic carbocycles. The van der Waals surface area contributed by atoms with Crippen molar-refractivity contribution >= 4 is 23.4 Å². The van der Waals surface area contributed by atoms with E-state index in [9.17, 15) is 13.6 Å². The summed E-state index contributed by atoms with van der Waals surface area (Å²) in [5.74, 6) is 0.143. The van der Waals surface area contributed by atoms with Gasteiger partial charge >= 0.3 is 0 Å². The molecule has 1 aliphatic rings. The highest BCUT2D eigenvalue weighted by Crippen LogP contribution is 2.30. The number of aromatic nitrogens is 3. The topological polar surface area (TPSA) is 54.3 Å². The van der Waals surface area contributed by atoms with Crippen LogP contribution in [0.2, 0.25) is 0 Å². The van der Waals surface area contributed by atoms with Crippen molar-refractivity contribution in [2.45, 2.75) is 44.3 Å². The van der Waals surface area contributed by atoms with Gasteiger partial charge in [-0.1, -0.05) is 18.2 Å². The third-order valence-electron chi connectivity index (χ3n) is 6.14. The van der Waals surface area contributed by atoms with Crippen LogP contribution < -0.4 is 4.90 Å². The number of carbonyl (C=O) groups excluding carboxylic acids is 1. The van der Waals surface area contributed by atoms with E-state index in [0.29, 0.717) is 17.4 Å². The van der Waals surface area contributed by atoms with E-state index in [1.807, 2.05) is 11.5 Å². The third kappa shape index (κ3) is 5.47. The fraction of sp³-hybridized carbons (Fsp3) is 0.400.